The second kappa shape index (κ2) is 10.5. The normalized spacial score (nSPS) is 12.4. The fraction of sp³-hybridized carbons (Fsp3) is 0.190. The number of rotatable bonds is 7. The lowest BCUT2D eigenvalue weighted by Gasteiger charge is -2.15. The van der Waals surface area contributed by atoms with Crippen molar-refractivity contribution in [2.45, 2.75) is 25.4 Å². The fourth-order valence-electron chi connectivity index (χ4n) is 2.68. The van der Waals surface area contributed by atoms with Gasteiger partial charge in [-0.2, -0.15) is 0 Å². The Morgan fingerprint density at radius 1 is 1.04 bits per heavy atom. The van der Waals surface area contributed by atoms with Crippen molar-refractivity contribution in [2.24, 2.45) is 0 Å². The van der Waals surface area contributed by atoms with Gasteiger partial charge in [0.1, 0.15) is 17.3 Å². The molecule has 7 heteroatoms. The van der Waals surface area contributed by atoms with Gasteiger partial charge in [0, 0.05) is 23.8 Å². The zero-order chi connectivity index (χ0) is 17.8. The maximum Gasteiger partial charge on any atom is 0.140 e. The number of para-hydroxylation sites is 1. The van der Waals surface area contributed by atoms with E-state index in [4.69, 9.17) is 10.1 Å². The average Bonchev–Trinajstić information content (AvgIpc) is 3.33. The number of nitrogens with one attached hydrogen (secondary N) is 3. The molecule has 0 aliphatic heterocycles. The molecule has 28 heavy (non-hydrogen) atoms. The van der Waals surface area contributed by atoms with E-state index >= 15 is 0 Å². The zero-order valence-electron chi connectivity index (χ0n) is 15.2. The topological polar surface area (TPSA) is 57.1 Å². The first-order valence-electron chi connectivity index (χ1n) is 8.76. The lowest BCUT2D eigenvalue weighted by Crippen LogP contribution is -2.16. The third kappa shape index (κ3) is 5.97. The number of halogens is 2. The van der Waals surface area contributed by atoms with E-state index in [-0.39, 0.29) is 24.8 Å². The van der Waals surface area contributed by atoms with Crippen LogP contribution in [0.4, 0.5) is 5.69 Å². The molecule has 148 valence electrons. The number of ether oxygens (including phenoxy) is 1. The van der Waals surface area contributed by atoms with Gasteiger partial charge in [0.05, 0.1) is 4.88 Å². The van der Waals surface area contributed by atoms with E-state index < -0.39 is 0 Å². The summed E-state index contributed by atoms with van der Waals surface area (Å²) in [4.78, 5) is 0.923. The second-order valence-electron chi connectivity index (χ2n) is 6.37. The molecule has 0 bridgehead atoms. The van der Waals surface area contributed by atoms with E-state index in [1.165, 1.54) is 12.8 Å². The Kier molecular flexibility index (Phi) is 8.33. The molecule has 4 rings (SSSR count). The SMILES string of the molecule is Cl.Cl.N=C(Nc1ccc(Oc2ccccc2)c(CNC2CC2)c1)c1cccs1. The van der Waals surface area contributed by atoms with Gasteiger partial charge in [-0.25, -0.2) is 0 Å². The van der Waals surface area contributed by atoms with E-state index in [9.17, 15) is 0 Å². The van der Waals surface area contributed by atoms with Crippen LogP contribution in [0.2, 0.25) is 0 Å². The fourth-order valence-corrected chi connectivity index (χ4v) is 3.31. The third-order valence-corrected chi connectivity index (χ3v) is 5.11. The monoisotopic (exact) mass is 435 g/mol. The van der Waals surface area contributed by atoms with Gasteiger partial charge in [0.25, 0.3) is 0 Å². The highest BCUT2D eigenvalue weighted by atomic mass is 35.5. The molecule has 1 aliphatic rings. The van der Waals surface area contributed by atoms with Crippen molar-refractivity contribution in [3.05, 3.63) is 76.5 Å². The first-order valence-corrected chi connectivity index (χ1v) is 9.64. The summed E-state index contributed by atoms with van der Waals surface area (Å²) in [6, 6.07) is 20.4. The Morgan fingerprint density at radius 2 is 1.82 bits per heavy atom. The molecule has 0 saturated heterocycles. The number of thiophene rings is 1. The van der Waals surface area contributed by atoms with E-state index in [0.29, 0.717) is 11.9 Å². The third-order valence-electron chi connectivity index (χ3n) is 4.23. The van der Waals surface area contributed by atoms with E-state index in [1.54, 1.807) is 11.3 Å². The van der Waals surface area contributed by atoms with Crippen molar-refractivity contribution >= 4 is 47.7 Å². The van der Waals surface area contributed by atoms with Crippen LogP contribution >= 0.6 is 36.2 Å². The lowest BCUT2D eigenvalue weighted by molar-refractivity contribution is 0.472. The largest absolute Gasteiger partial charge is 0.457 e. The van der Waals surface area contributed by atoms with Crippen molar-refractivity contribution in [1.82, 2.24) is 5.32 Å². The lowest BCUT2D eigenvalue weighted by atomic mass is 10.1. The molecular formula is C21H23Cl2N3OS. The Hall–Kier alpha value is -2.05. The van der Waals surface area contributed by atoms with Crippen molar-refractivity contribution in [1.29, 1.82) is 5.41 Å². The van der Waals surface area contributed by atoms with Crippen LogP contribution in [0.5, 0.6) is 11.5 Å². The summed E-state index contributed by atoms with van der Waals surface area (Å²) in [5, 5.41) is 16.9. The van der Waals surface area contributed by atoms with Crippen LogP contribution in [0, 0.1) is 5.41 Å². The molecule has 0 spiro atoms. The van der Waals surface area contributed by atoms with Gasteiger partial charge in [-0.3, -0.25) is 5.41 Å². The quantitative estimate of drug-likeness (QED) is 0.311. The van der Waals surface area contributed by atoms with Crippen LogP contribution in [0.15, 0.2) is 66.0 Å². The van der Waals surface area contributed by atoms with Gasteiger partial charge in [0.2, 0.25) is 0 Å². The molecule has 0 atom stereocenters. The molecule has 3 aromatic rings. The highest BCUT2D eigenvalue weighted by molar-refractivity contribution is 7.12. The van der Waals surface area contributed by atoms with Crippen molar-refractivity contribution in [2.75, 3.05) is 5.32 Å². The molecule has 1 aliphatic carbocycles. The minimum absolute atomic E-state index is 0. The Balaban J connectivity index is 0.00000140. The van der Waals surface area contributed by atoms with Crippen LogP contribution in [-0.4, -0.2) is 11.9 Å². The Bertz CT molecular complexity index is 884. The van der Waals surface area contributed by atoms with Crippen LogP contribution in [0.3, 0.4) is 0 Å². The summed E-state index contributed by atoms with van der Waals surface area (Å²) in [5.41, 5.74) is 1.99. The average molecular weight is 436 g/mol. The minimum Gasteiger partial charge on any atom is -0.457 e. The highest BCUT2D eigenvalue weighted by Gasteiger charge is 2.21. The van der Waals surface area contributed by atoms with Crippen LogP contribution in [0.1, 0.15) is 23.3 Å². The van der Waals surface area contributed by atoms with Gasteiger partial charge < -0.3 is 15.4 Å². The van der Waals surface area contributed by atoms with Gasteiger partial charge >= 0.3 is 0 Å². The molecular weight excluding hydrogens is 413 g/mol. The van der Waals surface area contributed by atoms with E-state index in [1.807, 2.05) is 60.0 Å². The zero-order valence-corrected chi connectivity index (χ0v) is 17.6. The second-order valence-corrected chi connectivity index (χ2v) is 7.32. The predicted molar refractivity (Wildman–Crippen MR) is 122 cm³/mol. The Labute approximate surface area is 181 Å². The molecule has 2 aromatic carbocycles. The number of benzene rings is 2. The molecule has 1 aromatic heterocycles. The molecule has 1 heterocycles. The number of hydrogen-bond acceptors (Lipinski definition) is 4. The first kappa shape index (κ1) is 22.2. The summed E-state index contributed by atoms with van der Waals surface area (Å²) >= 11 is 1.56. The molecule has 4 nitrogen and oxygen atoms in total. The summed E-state index contributed by atoms with van der Waals surface area (Å²) in [6.07, 6.45) is 2.49. The van der Waals surface area contributed by atoms with Gasteiger partial charge in [-0.1, -0.05) is 24.3 Å². The van der Waals surface area contributed by atoms with Crippen LogP contribution in [0.25, 0.3) is 0 Å². The number of amidine groups is 1. The molecule has 0 radical (unpaired) electrons. The first-order chi connectivity index (χ1) is 12.8. The maximum absolute atomic E-state index is 8.22. The standard InChI is InChI=1S/C21H21N3OS.2ClH/c22-21(20-7-4-12-26-20)24-17-10-11-19(25-18-5-2-1-3-6-18)15(13-17)14-23-16-8-9-16;;/h1-7,10-13,16,23H,8-9,14H2,(H2,22,24);2*1H. The number of anilines is 1. The summed E-state index contributed by atoms with van der Waals surface area (Å²) in [7, 11) is 0. The Morgan fingerprint density at radius 3 is 2.50 bits per heavy atom. The van der Waals surface area contributed by atoms with E-state index in [0.717, 1.165) is 34.2 Å². The maximum atomic E-state index is 8.22. The van der Waals surface area contributed by atoms with Crippen molar-refractivity contribution < 1.29 is 4.74 Å². The van der Waals surface area contributed by atoms with Crippen molar-refractivity contribution in [3.8, 4) is 11.5 Å². The highest BCUT2D eigenvalue weighted by Crippen LogP contribution is 2.29. The summed E-state index contributed by atoms with van der Waals surface area (Å²) in [6.45, 7) is 0.759. The van der Waals surface area contributed by atoms with E-state index in [2.05, 4.69) is 16.7 Å². The smallest absolute Gasteiger partial charge is 0.140 e. The predicted octanol–water partition coefficient (Wildman–Crippen LogP) is 6.07. The van der Waals surface area contributed by atoms with Crippen molar-refractivity contribution in [3.63, 3.8) is 0 Å². The molecule has 0 unspecified atom stereocenters. The summed E-state index contributed by atoms with van der Waals surface area (Å²) < 4.78 is 6.08. The van der Waals surface area contributed by atoms with Gasteiger partial charge in [-0.15, -0.1) is 36.2 Å². The summed E-state index contributed by atoms with van der Waals surface area (Å²) in [5.74, 6) is 2.09. The molecule has 3 N–H and O–H groups in total. The number of hydrogen-bond donors (Lipinski definition) is 3. The van der Waals surface area contributed by atoms with Gasteiger partial charge in [0.15, 0.2) is 0 Å². The molecule has 1 saturated carbocycles. The van der Waals surface area contributed by atoms with Gasteiger partial charge in [-0.05, 0) is 54.6 Å². The van der Waals surface area contributed by atoms with Crippen LogP contribution in [-0.2, 0) is 6.54 Å². The van der Waals surface area contributed by atoms with Crippen LogP contribution < -0.4 is 15.4 Å². The molecule has 1 fully saturated rings. The minimum atomic E-state index is 0. The molecule has 0 amide bonds.